The summed E-state index contributed by atoms with van der Waals surface area (Å²) < 4.78 is 64.3. The minimum absolute atomic E-state index is 0.0920. The van der Waals surface area contributed by atoms with Crippen molar-refractivity contribution >= 4 is 0 Å². The molecule has 0 spiro atoms. The highest BCUT2D eigenvalue weighted by Gasteiger charge is 2.27. The molecule has 0 amide bonds. The maximum Gasteiger partial charge on any atom is 0.201 e. The van der Waals surface area contributed by atoms with Crippen molar-refractivity contribution in [3.63, 3.8) is 0 Å². The molecule has 0 bridgehead atoms. The van der Waals surface area contributed by atoms with Crippen LogP contribution in [0.25, 0.3) is 11.1 Å². The second-order valence-corrected chi connectivity index (χ2v) is 11.2. The summed E-state index contributed by atoms with van der Waals surface area (Å²) in [4.78, 5) is 0. The fraction of sp³-hybridized carbons (Fsp3) is 0.444. The molecule has 1 aliphatic carbocycles. The highest BCUT2D eigenvalue weighted by molar-refractivity contribution is 5.66. The fourth-order valence-corrected chi connectivity index (χ4v) is 5.88. The fourth-order valence-electron chi connectivity index (χ4n) is 5.88. The second kappa shape index (κ2) is 15.2. The van der Waals surface area contributed by atoms with Gasteiger partial charge in [0.1, 0.15) is 0 Å². The molecule has 3 aromatic carbocycles. The normalized spacial score (nSPS) is 17.3. The highest BCUT2D eigenvalue weighted by atomic mass is 19.2. The van der Waals surface area contributed by atoms with Gasteiger partial charge in [0.05, 0.1) is 6.61 Å². The molecule has 41 heavy (non-hydrogen) atoms. The summed E-state index contributed by atoms with van der Waals surface area (Å²) in [6.45, 7) is 4.05. The van der Waals surface area contributed by atoms with Crippen LogP contribution in [0, 0.1) is 29.2 Å². The number of hydrogen-bond donors (Lipinski definition) is 0. The smallest absolute Gasteiger partial charge is 0.201 e. The average molecular weight is 567 g/mol. The van der Waals surface area contributed by atoms with E-state index >= 15 is 8.78 Å². The monoisotopic (exact) mass is 566 g/mol. The van der Waals surface area contributed by atoms with E-state index in [4.69, 9.17) is 4.74 Å². The van der Waals surface area contributed by atoms with Crippen molar-refractivity contribution in [2.45, 2.75) is 90.4 Å². The quantitative estimate of drug-likeness (QED) is 0.114. The zero-order valence-corrected chi connectivity index (χ0v) is 24.3. The number of allylic oxidation sites excluding steroid dienone is 2. The first-order valence-electron chi connectivity index (χ1n) is 15.3. The summed E-state index contributed by atoms with van der Waals surface area (Å²) in [5.74, 6) is -4.47. The third kappa shape index (κ3) is 8.02. The lowest BCUT2D eigenvalue weighted by atomic mass is 9.78. The third-order valence-electron chi connectivity index (χ3n) is 8.31. The summed E-state index contributed by atoms with van der Waals surface area (Å²) in [7, 11) is 0. The first-order valence-corrected chi connectivity index (χ1v) is 15.3. The minimum atomic E-state index is -1.25. The molecule has 220 valence electrons. The molecule has 0 saturated heterocycles. The maximum atomic E-state index is 15.2. The summed E-state index contributed by atoms with van der Waals surface area (Å²) in [6, 6.07) is 14.4. The minimum Gasteiger partial charge on any atom is -0.491 e. The molecule has 0 heterocycles. The van der Waals surface area contributed by atoms with Crippen LogP contribution in [0.3, 0.4) is 0 Å². The van der Waals surface area contributed by atoms with Crippen LogP contribution in [-0.4, -0.2) is 6.61 Å². The van der Waals surface area contributed by atoms with E-state index in [0.717, 1.165) is 44.9 Å². The van der Waals surface area contributed by atoms with Crippen molar-refractivity contribution in [3.05, 3.63) is 101 Å². The van der Waals surface area contributed by atoms with Crippen LogP contribution in [0.4, 0.5) is 17.6 Å². The number of ether oxygens (including phenoxy) is 1. The van der Waals surface area contributed by atoms with Crippen molar-refractivity contribution in [1.82, 2.24) is 0 Å². The van der Waals surface area contributed by atoms with E-state index in [1.165, 1.54) is 61.1 Å². The van der Waals surface area contributed by atoms with E-state index in [-0.39, 0.29) is 29.4 Å². The molecular weight excluding hydrogens is 524 g/mol. The zero-order valence-electron chi connectivity index (χ0n) is 24.3. The van der Waals surface area contributed by atoms with Gasteiger partial charge in [0.2, 0.25) is 5.82 Å². The van der Waals surface area contributed by atoms with Crippen molar-refractivity contribution in [2.24, 2.45) is 5.92 Å². The lowest BCUT2D eigenvalue weighted by molar-refractivity contribution is 0.314. The van der Waals surface area contributed by atoms with Crippen molar-refractivity contribution in [3.8, 4) is 16.9 Å². The van der Waals surface area contributed by atoms with Gasteiger partial charge < -0.3 is 4.74 Å². The van der Waals surface area contributed by atoms with Gasteiger partial charge in [0.25, 0.3) is 0 Å². The van der Waals surface area contributed by atoms with Crippen LogP contribution in [-0.2, 0) is 12.8 Å². The van der Waals surface area contributed by atoms with Gasteiger partial charge in [-0.3, -0.25) is 0 Å². The Morgan fingerprint density at radius 2 is 1.32 bits per heavy atom. The second-order valence-electron chi connectivity index (χ2n) is 11.2. The summed E-state index contributed by atoms with van der Waals surface area (Å²) in [6.07, 6.45) is 16.2. The molecule has 0 unspecified atom stereocenters. The van der Waals surface area contributed by atoms with E-state index in [0.29, 0.717) is 11.5 Å². The molecule has 1 aliphatic rings. The molecule has 1 fully saturated rings. The van der Waals surface area contributed by atoms with Gasteiger partial charge in [0, 0.05) is 11.1 Å². The van der Waals surface area contributed by atoms with Crippen LogP contribution >= 0.6 is 0 Å². The van der Waals surface area contributed by atoms with E-state index in [2.05, 4.69) is 43.3 Å². The Kier molecular flexibility index (Phi) is 11.5. The SMILES string of the molecule is CCCCCCc1ccc(CC/C=C/C2CCC(c3ccc(-c4ccc(OCC)c(F)c4F)c(F)c3F)CC2)cc1. The molecule has 5 heteroatoms. The van der Waals surface area contributed by atoms with Gasteiger partial charge in [-0.25, -0.2) is 13.2 Å². The van der Waals surface area contributed by atoms with Crippen LogP contribution in [0.5, 0.6) is 5.75 Å². The van der Waals surface area contributed by atoms with Gasteiger partial charge in [-0.2, -0.15) is 4.39 Å². The van der Waals surface area contributed by atoms with Crippen molar-refractivity contribution in [1.29, 1.82) is 0 Å². The Morgan fingerprint density at radius 1 is 0.683 bits per heavy atom. The number of benzene rings is 3. The van der Waals surface area contributed by atoms with Gasteiger partial charge >= 0.3 is 0 Å². The molecule has 1 nitrogen and oxygen atoms in total. The van der Waals surface area contributed by atoms with Crippen molar-refractivity contribution < 1.29 is 22.3 Å². The molecule has 0 aliphatic heterocycles. The molecule has 0 aromatic heterocycles. The maximum absolute atomic E-state index is 15.2. The Morgan fingerprint density at radius 3 is 1.98 bits per heavy atom. The molecule has 4 rings (SSSR count). The Hall–Kier alpha value is -3.08. The van der Waals surface area contributed by atoms with Gasteiger partial charge in [-0.15, -0.1) is 0 Å². The van der Waals surface area contributed by atoms with Crippen LogP contribution in [0.2, 0.25) is 0 Å². The van der Waals surface area contributed by atoms with Gasteiger partial charge in [-0.05, 0) is 98.9 Å². The number of halogens is 4. The molecular formula is C36H42F4O. The summed E-state index contributed by atoms with van der Waals surface area (Å²) >= 11 is 0. The molecule has 0 radical (unpaired) electrons. The van der Waals surface area contributed by atoms with E-state index in [1.54, 1.807) is 6.92 Å². The number of rotatable bonds is 13. The molecule has 3 aromatic rings. The van der Waals surface area contributed by atoms with E-state index in [9.17, 15) is 8.78 Å². The Bertz CT molecular complexity index is 1290. The van der Waals surface area contributed by atoms with E-state index < -0.39 is 23.3 Å². The molecule has 0 atom stereocenters. The molecule has 1 saturated carbocycles. The Labute approximate surface area is 242 Å². The molecule has 0 N–H and O–H groups in total. The third-order valence-corrected chi connectivity index (χ3v) is 8.31. The predicted octanol–water partition coefficient (Wildman–Crippen LogP) is 10.9. The van der Waals surface area contributed by atoms with Crippen molar-refractivity contribution in [2.75, 3.05) is 6.61 Å². The lowest BCUT2D eigenvalue weighted by Crippen LogP contribution is -2.14. The largest absolute Gasteiger partial charge is 0.491 e. The first kappa shape index (κ1) is 30.9. The standard InChI is InChI=1S/C36H42F4O/c1-3-5-6-7-10-25-13-15-26(16-14-25)11-8-9-12-27-17-19-28(20-18-27)29-21-22-30(34(38)33(29)37)31-23-24-32(41-4-2)36(40)35(31)39/h9,12-16,21-24,27-28H,3-8,10-11,17-20H2,1-2H3/b12-9+. The van der Waals surface area contributed by atoms with E-state index in [1.807, 2.05) is 0 Å². The van der Waals surface area contributed by atoms with Crippen LogP contribution < -0.4 is 4.74 Å². The zero-order chi connectivity index (χ0) is 29.2. The number of hydrogen-bond acceptors (Lipinski definition) is 1. The lowest BCUT2D eigenvalue weighted by Gasteiger charge is -2.27. The highest BCUT2D eigenvalue weighted by Crippen LogP contribution is 2.40. The van der Waals surface area contributed by atoms with Crippen LogP contribution in [0.15, 0.2) is 60.7 Å². The van der Waals surface area contributed by atoms with Gasteiger partial charge in [0.15, 0.2) is 23.2 Å². The Balaban J connectivity index is 1.28. The first-order chi connectivity index (χ1) is 19.9. The average Bonchev–Trinajstić information content (AvgIpc) is 2.99. The number of aryl methyl sites for hydroxylation is 2. The van der Waals surface area contributed by atoms with Gasteiger partial charge in [-0.1, -0.05) is 74.7 Å². The number of unbranched alkanes of at least 4 members (excludes halogenated alkanes) is 3. The van der Waals surface area contributed by atoms with Crippen LogP contribution in [0.1, 0.15) is 94.2 Å². The predicted molar refractivity (Wildman–Crippen MR) is 159 cm³/mol. The summed E-state index contributed by atoms with van der Waals surface area (Å²) in [5, 5.41) is 0. The topological polar surface area (TPSA) is 9.23 Å². The summed E-state index contributed by atoms with van der Waals surface area (Å²) in [5.41, 5.74) is 2.48.